The molecule has 0 spiro atoms. The molecule has 0 radical (unpaired) electrons. The van der Waals surface area contributed by atoms with Crippen LogP contribution in [-0.2, 0) is 13.1 Å². The first-order valence-electron chi connectivity index (χ1n) is 9.53. The zero-order valence-corrected chi connectivity index (χ0v) is 17.2. The van der Waals surface area contributed by atoms with Crippen molar-refractivity contribution in [1.82, 2.24) is 14.5 Å². The largest absolute Gasteiger partial charge is 0.383 e. The number of anilines is 2. The molecule has 30 heavy (non-hydrogen) atoms. The van der Waals surface area contributed by atoms with E-state index in [0.29, 0.717) is 13.0 Å². The number of aromatic amines is 1. The zero-order valence-electron chi connectivity index (χ0n) is 16.5. The SMILES string of the molecule is CCCCn1c(N)c(N(Cc2ccccc2)C(=O)c2cccnc2Cl)c(=O)[nH]c1=O. The van der Waals surface area contributed by atoms with Crippen molar-refractivity contribution in [2.45, 2.75) is 32.9 Å². The van der Waals surface area contributed by atoms with Gasteiger partial charge in [-0.05, 0) is 24.1 Å². The Bertz CT molecular complexity index is 1160. The van der Waals surface area contributed by atoms with Gasteiger partial charge in [-0.25, -0.2) is 9.78 Å². The average molecular weight is 428 g/mol. The van der Waals surface area contributed by atoms with Crippen LogP contribution < -0.4 is 21.9 Å². The smallest absolute Gasteiger partial charge is 0.330 e. The molecule has 0 saturated heterocycles. The number of pyridine rings is 1. The molecule has 8 nitrogen and oxygen atoms in total. The summed E-state index contributed by atoms with van der Waals surface area (Å²) in [6, 6.07) is 12.2. The Morgan fingerprint density at radius 3 is 2.60 bits per heavy atom. The van der Waals surface area contributed by atoms with Crippen LogP contribution in [-0.4, -0.2) is 20.4 Å². The van der Waals surface area contributed by atoms with E-state index >= 15 is 0 Å². The fourth-order valence-corrected chi connectivity index (χ4v) is 3.29. The van der Waals surface area contributed by atoms with Gasteiger partial charge in [0.05, 0.1) is 12.1 Å². The van der Waals surface area contributed by atoms with Crippen LogP contribution in [0.1, 0.15) is 35.7 Å². The number of benzene rings is 1. The number of hydrogen-bond donors (Lipinski definition) is 2. The summed E-state index contributed by atoms with van der Waals surface area (Å²) in [6.45, 7) is 2.36. The molecule has 3 aromatic rings. The summed E-state index contributed by atoms with van der Waals surface area (Å²) >= 11 is 6.13. The van der Waals surface area contributed by atoms with Gasteiger partial charge >= 0.3 is 5.69 Å². The molecular weight excluding hydrogens is 406 g/mol. The van der Waals surface area contributed by atoms with Gasteiger partial charge in [-0.2, -0.15) is 0 Å². The van der Waals surface area contributed by atoms with Crippen molar-refractivity contribution in [2.24, 2.45) is 0 Å². The molecule has 0 unspecified atom stereocenters. The number of hydrogen-bond acceptors (Lipinski definition) is 5. The first-order valence-corrected chi connectivity index (χ1v) is 9.90. The van der Waals surface area contributed by atoms with E-state index in [0.717, 1.165) is 12.0 Å². The van der Waals surface area contributed by atoms with Crippen LogP contribution >= 0.6 is 11.6 Å². The second kappa shape index (κ2) is 9.41. The maximum Gasteiger partial charge on any atom is 0.330 e. The van der Waals surface area contributed by atoms with Gasteiger partial charge in [0.1, 0.15) is 11.0 Å². The second-order valence-corrected chi connectivity index (χ2v) is 7.07. The molecule has 3 rings (SSSR count). The summed E-state index contributed by atoms with van der Waals surface area (Å²) in [7, 11) is 0. The van der Waals surface area contributed by atoms with E-state index in [1.54, 1.807) is 6.07 Å². The second-order valence-electron chi connectivity index (χ2n) is 6.72. The Kier molecular flexibility index (Phi) is 6.68. The predicted molar refractivity (Wildman–Crippen MR) is 117 cm³/mol. The van der Waals surface area contributed by atoms with Crippen LogP contribution in [0.15, 0.2) is 58.3 Å². The van der Waals surface area contributed by atoms with E-state index < -0.39 is 17.2 Å². The van der Waals surface area contributed by atoms with E-state index in [-0.39, 0.29) is 28.8 Å². The molecule has 0 aliphatic heterocycles. The number of amides is 1. The minimum absolute atomic E-state index is 0.00914. The summed E-state index contributed by atoms with van der Waals surface area (Å²) in [4.78, 5) is 45.9. The average Bonchev–Trinajstić information content (AvgIpc) is 2.73. The van der Waals surface area contributed by atoms with Crippen molar-refractivity contribution < 1.29 is 4.79 Å². The van der Waals surface area contributed by atoms with Gasteiger partial charge in [0.15, 0.2) is 5.69 Å². The highest BCUT2D eigenvalue weighted by Gasteiger charge is 2.27. The summed E-state index contributed by atoms with van der Waals surface area (Å²) in [5.41, 5.74) is 5.69. The molecule has 0 fully saturated rings. The molecule has 9 heteroatoms. The molecule has 0 aliphatic rings. The molecular formula is C21H22ClN5O3. The number of unbranched alkanes of at least 4 members (excludes halogenated alkanes) is 1. The Morgan fingerprint density at radius 2 is 1.93 bits per heavy atom. The molecule has 0 aliphatic carbocycles. The number of nitrogens with one attached hydrogen (secondary N) is 1. The third-order valence-electron chi connectivity index (χ3n) is 4.64. The standard InChI is InChI=1S/C21H22ClN5O3/c1-2-3-12-26-18(23)16(19(28)25-21(26)30)27(13-14-8-5-4-6-9-14)20(29)15-10-7-11-24-17(15)22/h4-11H,2-3,12-13,23H2,1H3,(H,25,28,30). The summed E-state index contributed by atoms with van der Waals surface area (Å²) < 4.78 is 1.27. The molecule has 0 saturated carbocycles. The van der Waals surface area contributed by atoms with Crippen molar-refractivity contribution in [2.75, 3.05) is 10.6 Å². The number of nitrogens with two attached hydrogens (primary N) is 1. The number of carbonyl (C=O) groups is 1. The number of H-pyrrole nitrogens is 1. The number of aromatic nitrogens is 3. The number of carbonyl (C=O) groups excluding carboxylic acids is 1. The highest BCUT2D eigenvalue weighted by molar-refractivity contribution is 6.33. The highest BCUT2D eigenvalue weighted by Crippen LogP contribution is 2.24. The quantitative estimate of drug-likeness (QED) is 0.563. The van der Waals surface area contributed by atoms with Gasteiger partial charge in [-0.3, -0.25) is 24.0 Å². The molecule has 156 valence electrons. The lowest BCUT2D eigenvalue weighted by Crippen LogP contribution is -2.41. The van der Waals surface area contributed by atoms with Gasteiger partial charge in [0.25, 0.3) is 11.5 Å². The van der Waals surface area contributed by atoms with E-state index in [2.05, 4.69) is 9.97 Å². The first kappa shape index (κ1) is 21.3. The van der Waals surface area contributed by atoms with Crippen LogP contribution in [0.25, 0.3) is 0 Å². The fourth-order valence-electron chi connectivity index (χ4n) is 3.09. The summed E-state index contributed by atoms with van der Waals surface area (Å²) in [5, 5.41) is 0.00914. The van der Waals surface area contributed by atoms with E-state index in [4.69, 9.17) is 17.3 Å². The van der Waals surface area contributed by atoms with Crippen LogP contribution in [0.4, 0.5) is 11.5 Å². The lowest BCUT2D eigenvalue weighted by molar-refractivity contribution is 0.0984. The van der Waals surface area contributed by atoms with E-state index in [1.165, 1.54) is 21.7 Å². The van der Waals surface area contributed by atoms with Crippen molar-refractivity contribution in [3.63, 3.8) is 0 Å². The number of nitrogens with zero attached hydrogens (tertiary/aromatic N) is 3. The third kappa shape index (κ3) is 4.44. The van der Waals surface area contributed by atoms with Crippen molar-refractivity contribution in [1.29, 1.82) is 0 Å². The Morgan fingerprint density at radius 1 is 1.20 bits per heavy atom. The minimum atomic E-state index is -0.741. The van der Waals surface area contributed by atoms with Crippen LogP contribution in [0.3, 0.4) is 0 Å². The normalized spacial score (nSPS) is 10.7. The van der Waals surface area contributed by atoms with Gasteiger partial charge in [-0.15, -0.1) is 0 Å². The number of nitrogen functional groups attached to an aromatic ring is 1. The Labute approximate surface area is 177 Å². The molecule has 0 bridgehead atoms. The Balaban J connectivity index is 2.17. The number of halogens is 1. The van der Waals surface area contributed by atoms with Gasteiger partial charge in [0.2, 0.25) is 0 Å². The molecule has 1 amide bonds. The van der Waals surface area contributed by atoms with Gasteiger partial charge < -0.3 is 5.73 Å². The van der Waals surface area contributed by atoms with E-state index in [9.17, 15) is 14.4 Å². The molecule has 3 N–H and O–H groups in total. The van der Waals surface area contributed by atoms with Crippen LogP contribution in [0.2, 0.25) is 5.15 Å². The fraction of sp³-hybridized carbons (Fsp3) is 0.238. The topological polar surface area (TPSA) is 114 Å². The van der Waals surface area contributed by atoms with Crippen molar-refractivity contribution in [3.05, 3.63) is 85.8 Å². The molecule has 2 aromatic heterocycles. The zero-order chi connectivity index (χ0) is 21.7. The third-order valence-corrected chi connectivity index (χ3v) is 4.94. The molecule has 0 atom stereocenters. The first-order chi connectivity index (χ1) is 14.4. The van der Waals surface area contributed by atoms with E-state index in [1.807, 2.05) is 37.3 Å². The lowest BCUT2D eigenvalue weighted by atomic mass is 10.1. The lowest BCUT2D eigenvalue weighted by Gasteiger charge is -2.25. The maximum absolute atomic E-state index is 13.4. The molecule has 1 aromatic carbocycles. The van der Waals surface area contributed by atoms with Crippen LogP contribution in [0, 0.1) is 0 Å². The summed E-state index contributed by atoms with van der Waals surface area (Å²) in [6.07, 6.45) is 2.99. The van der Waals surface area contributed by atoms with Gasteiger partial charge in [0, 0.05) is 12.7 Å². The highest BCUT2D eigenvalue weighted by atomic mass is 35.5. The van der Waals surface area contributed by atoms with Crippen molar-refractivity contribution >= 4 is 29.0 Å². The minimum Gasteiger partial charge on any atom is -0.383 e. The van der Waals surface area contributed by atoms with Crippen LogP contribution in [0.5, 0.6) is 0 Å². The summed E-state index contributed by atoms with van der Waals surface area (Å²) in [5.74, 6) is -0.615. The number of rotatable bonds is 7. The van der Waals surface area contributed by atoms with Crippen molar-refractivity contribution in [3.8, 4) is 0 Å². The maximum atomic E-state index is 13.4. The molecule has 2 heterocycles. The van der Waals surface area contributed by atoms with Gasteiger partial charge in [-0.1, -0.05) is 55.3 Å². The predicted octanol–water partition coefficient (Wildman–Crippen LogP) is 2.81. The Hall–Kier alpha value is -3.39. The monoisotopic (exact) mass is 427 g/mol.